The quantitative estimate of drug-likeness (QED) is 0.757. The maximum Gasteiger partial charge on any atom is 0.199 e. The van der Waals surface area contributed by atoms with Crippen molar-refractivity contribution in [2.45, 2.75) is 26.7 Å². The van der Waals surface area contributed by atoms with E-state index in [9.17, 15) is 4.39 Å². The molecule has 1 unspecified atom stereocenters. The molecule has 0 aromatic carbocycles. The monoisotopic (exact) mass is 215 g/mol. The number of aliphatic hydroxyl groups excluding tert-OH is 1. The van der Waals surface area contributed by atoms with Gasteiger partial charge in [0.25, 0.3) is 0 Å². The number of aliphatic hydroxyl groups is 1. The molecule has 1 aromatic rings. The molecule has 0 aliphatic heterocycles. The van der Waals surface area contributed by atoms with Crippen LogP contribution in [0.5, 0.6) is 5.75 Å². The van der Waals surface area contributed by atoms with Gasteiger partial charge in [-0.1, -0.05) is 0 Å². The van der Waals surface area contributed by atoms with E-state index in [0.29, 0.717) is 11.4 Å². The van der Waals surface area contributed by atoms with Crippen molar-refractivity contribution in [3.63, 3.8) is 0 Å². The molecule has 0 amide bonds. The summed E-state index contributed by atoms with van der Waals surface area (Å²) in [5, 5.41) is 8.97. The molecule has 0 spiro atoms. The van der Waals surface area contributed by atoms with Gasteiger partial charge >= 0.3 is 0 Å². The Bertz CT molecular complexity index is 320. The summed E-state index contributed by atoms with van der Waals surface area (Å²) in [5.41, 5.74) is 1.27. The Morgan fingerprint density at radius 3 is 2.93 bits per heavy atom. The lowest BCUT2D eigenvalue weighted by Crippen LogP contribution is -2.16. The number of alkyl halides is 1. The first-order chi connectivity index (χ1) is 7.19. The molecule has 1 atom stereocenters. The van der Waals surface area contributed by atoms with E-state index in [1.165, 1.54) is 6.20 Å². The van der Waals surface area contributed by atoms with Crippen molar-refractivity contribution in [1.82, 2.24) is 4.98 Å². The van der Waals surface area contributed by atoms with Crippen molar-refractivity contribution in [1.29, 1.82) is 0 Å². The molecule has 0 aliphatic carbocycles. The van der Waals surface area contributed by atoms with Crippen LogP contribution in [0.15, 0.2) is 12.3 Å². The van der Waals surface area contributed by atoms with Crippen LogP contribution in [-0.2, 0) is 11.3 Å². The number of pyridine rings is 1. The minimum Gasteiger partial charge on any atom is -0.465 e. The Balaban J connectivity index is 2.76. The van der Waals surface area contributed by atoms with Gasteiger partial charge in [0.2, 0.25) is 0 Å². The summed E-state index contributed by atoms with van der Waals surface area (Å²) in [4.78, 5) is 3.97. The van der Waals surface area contributed by atoms with E-state index in [1.807, 2.05) is 0 Å². The first kappa shape index (κ1) is 11.9. The number of halogens is 1. The Kier molecular flexibility index (Phi) is 4.45. The van der Waals surface area contributed by atoms with Crippen LogP contribution in [0.25, 0.3) is 0 Å². The van der Waals surface area contributed by atoms with E-state index >= 15 is 0 Å². The minimum absolute atomic E-state index is 0.151. The molecule has 15 heavy (non-hydrogen) atoms. The molecule has 1 rings (SSSR count). The number of hydrogen-bond acceptors (Lipinski definition) is 4. The van der Waals surface area contributed by atoms with Gasteiger partial charge in [0, 0.05) is 11.8 Å². The van der Waals surface area contributed by atoms with Crippen LogP contribution >= 0.6 is 0 Å². The maximum absolute atomic E-state index is 11.8. The first-order valence-corrected chi connectivity index (χ1v) is 4.58. The van der Waals surface area contributed by atoms with Gasteiger partial charge in [0.1, 0.15) is 5.75 Å². The number of ether oxygens (including phenoxy) is 2. The van der Waals surface area contributed by atoms with Crippen molar-refractivity contribution in [3.05, 3.63) is 23.5 Å². The predicted molar refractivity (Wildman–Crippen MR) is 52.0 cm³/mol. The van der Waals surface area contributed by atoms with Crippen molar-refractivity contribution in [3.8, 4) is 5.75 Å². The summed E-state index contributed by atoms with van der Waals surface area (Å²) in [6.45, 7) is 2.33. The van der Waals surface area contributed by atoms with E-state index < -0.39 is 13.2 Å². The molecule has 84 valence electrons. The van der Waals surface area contributed by atoms with E-state index in [-0.39, 0.29) is 6.61 Å². The third kappa shape index (κ3) is 3.14. The van der Waals surface area contributed by atoms with Gasteiger partial charge in [-0.2, -0.15) is 0 Å². The molecule has 4 nitrogen and oxygen atoms in total. The number of rotatable bonds is 5. The first-order valence-electron chi connectivity index (χ1n) is 4.58. The summed E-state index contributed by atoms with van der Waals surface area (Å²) < 4.78 is 21.8. The van der Waals surface area contributed by atoms with Crippen molar-refractivity contribution in [2.24, 2.45) is 0 Å². The van der Waals surface area contributed by atoms with E-state index in [4.69, 9.17) is 9.84 Å². The lowest BCUT2D eigenvalue weighted by atomic mass is 10.2. The predicted octanol–water partition coefficient (Wildman–Crippen LogP) is 1.55. The average Bonchev–Trinajstić information content (AvgIpc) is 2.21. The number of nitrogens with zero attached hydrogens (tertiary/aromatic N) is 1. The van der Waals surface area contributed by atoms with Crippen molar-refractivity contribution < 1.29 is 19.0 Å². The molecule has 0 aliphatic rings. The lowest BCUT2D eigenvalue weighted by molar-refractivity contribution is -0.0992. The van der Waals surface area contributed by atoms with Gasteiger partial charge in [0.15, 0.2) is 13.2 Å². The van der Waals surface area contributed by atoms with Gasteiger partial charge in [-0.25, -0.2) is 4.39 Å². The highest BCUT2D eigenvalue weighted by Gasteiger charge is 2.09. The zero-order valence-electron chi connectivity index (χ0n) is 8.74. The smallest absolute Gasteiger partial charge is 0.199 e. The minimum atomic E-state index is -0.891. The van der Waals surface area contributed by atoms with Gasteiger partial charge < -0.3 is 14.6 Å². The normalized spacial score (nSPS) is 12.5. The third-order valence-electron chi connectivity index (χ3n) is 2.00. The fourth-order valence-corrected chi connectivity index (χ4v) is 1.15. The highest BCUT2D eigenvalue weighted by molar-refractivity contribution is 5.34. The Morgan fingerprint density at radius 1 is 1.60 bits per heavy atom. The molecule has 0 radical (unpaired) electrons. The van der Waals surface area contributed by atoms with Crippen molar-refractivity contribution >= 4 is 0 Å². The number of hydrogen-bond donors (Lipinski definition) is 1. The van der Waals surface area contributed by atoms with Crippen LogP contribution in [0.3, 0.4) is 0 Å². The summed E-state index contributed by atoms with van der Waals surface area (Å²) >= 11 is 0. The lowest BCUT2D eigenvalue weighted by Gasteiger charge is -2.15. The molecule has 1 heterocycles. The fraction of sp³-hybridized carbons (Fsp3) is 0.500. The van der Waals surface area contributed by atoms with Crippen LogP contribution in [0.4, 0.5) is 4.39 Å². The largest absolute Gasteiger partial charge is 0.465 e. The molecular weight excluding hydrogens is 201 g/mol. The Morgan fingerprint density at radius 2 is 2.33 bits per heavy atom. The number of aromatic nitrogens is 1. The molecular formula is C10H14FNO3. The third-order valence-corrected chi connectivity index (χ3v) is 2.00. The molecule has 1 N–H and O–H groups in total. The average molecular weight is 215 g/mol. The van der Waals surface area contributed by atoms with Crippen LogP contribution in [0.2, 0.25) is 0 Å². The summed E-state index contributed by atoms with van der Waals surface area (Å²) in [5.74, 6) is 0.537. The molecule has 0 saturated heterocycles. The molecule has 0 bridgehead atoms. The Hall–Kier alpha value is -1.20. The zero-order valence-corrected chi connectivity index (χ0v) is 8.74. The van der Waals surface area contributed by atoms with Crippen LogP contribution in [0.1, 0.15) is 18.2 Å². The van der Waals surface area contributed by atoms with E-state index in [2.05, 4.69) is 9.72 Å². The van der Waals surface area contributed by atoms with Gasteiger partial charge in [0.05, 0.1) is 12.3 Å². The fourth-order valence-electron chi connectivity index (χ4n) is 1.15. The standard InChI is InChI=1S/C10H14FNO3/c1-7-9(5-13)12-4-3-10(7)15-8(2)14-6-11/h3-4,8,13H,5-6H2,1-2H3. The van der Waals surface area contributed by atoms with Gasteiger partial charge in [-0.3, -0.25) is 4.98 Å². The van der Waals surface area contributed by atoms with Crippen LogP contribution in [-0.4, -0.2) is 23.2 Å². The van der Waals surface area contributed by atoms with Gasteiger partial charge in [-0.15, -0.1) is 0 Å². The summed E-state index contributed by atoms with van der Waals surface area (Å²) in [7, 11) is 0. The highest BCUT2D eigenvalue weighted by Crippen LogP contribution is 2.20. The topological polar surface area (TPSA) is 51.6 Å². The summed E-state index contributed by atoms with van der Waals surface area (Å²) in [6, 6.07) is 1.65. The zero-order chi connectivity index (χ0) is 11.3. The second-order valence-corrected chi connectivity index (χ2v) is 3.00. The molecule has 0 saturated carbocycles. The Labute approximate surface area is 87.7 Å². The summed E-state index contributed by atoms with van der Waals surface area (Å²) in [6.07, 6.45) is 0.860. The van der Waals surface area contributed by atoms with Crippen molar-refractivity contribution in [2.75, 3.05) is 6.86 Å². The molecule has 0 fully saturated rings. The van der Waals surface area contributed by atoms with Crippen LogP contribution < -0.4 is 4.74 Å². The second kappa shape index (κ2) is 5.63. The highest BCUT2D eigenvalue weighted by atomic mass is 19.1. The SMILES string of the molecule is Cc1c(OC(C)OCF)ccnc1CO. The van der Waals surface area contributed by atoms with Gasteiger partial charge in [-0.05, 0) is 19.9 Å². The maximum atomic E-state index is 11.8. The molecule has 1 aromatic heterocycles. The van der Waals surface area contributed by atoms with E-state index in [0.717, 1.165) is 5.56 Å². The van der Waals surface area contributed by atoms with E-state index in [1.54, 1.807) is 19.9 Å². The molecule has 5 heteroatoms. The van der Waals surface area contributed by atoms with Crippen LogP contribution in [0, 0.1) is 6.92 Å². The second-order valence-electron chi connectivity index (χ2n) is 3.00.